The number of aryl methyl sites for hydroxylation is 2. The van der Waals surface area contributed by atoms with Crippen LogP contribution >= 0.6 is 0 Å². The third-order valence-electron chi connectivity index (χ3n) is 3.83. The van der Waals surface area contributed by atoms with Gasteiger partial charge in [-0.05, 0) is 38.5 Å². The van der Waals surface area contributed by atoms with Gasteiger partial charge in [0.25, 0.3) is 5.91 Å². The Bertz CT molecular complexity index is 870. The standard InChI is InChI=1S/C19H19N3O2/c1-12-7-6-9-15(11-12)17-21-19(24-22-17)14(3)20-18(23)16-10-5-4-8-13(16)2/h4-11,14H,1-3H3,(H,20,23)/t14-/m1/s1. The van der Waals surface area contributed by atoms with Gasteiger partial charge >= 0.3 is 0 Å². The fraction of sp³-hybridized carbons (Fsp3) is 0.211. The largest absolute Gasteiger partial charge is 0.341 e. The molecule has 1 atom stereocenters. The second-order valence-corrected chi connectivity index (χ2v) is 5.84. The van der Waals surface area contributed by atoms with E-state index in [2.05, 4.69) is 15.5 Å². The number of rotatable bonds is 4. The molecule has 5 nitrogen and oxygen atoms in total. The van der Waals surface area contributed by atoms with Gasteiger partial charge in [0.15, 0.2) is 0 Å². The summed E-state index contributed by atoms with van der Waals surface area (Å²) in [6, 6.07) is 15.0. The Kier molecular flexibility index (Phi) is 4.42. The average molecular weight is 321 g/mol. The highest BCUT2D eigenvalue weighted by Gasteiger charge is 2.18. The van der Waals surface area contributed by atoms with Gasteiger partial charge in [0.2, 0.25) is 11.7 Å². The molecule has 0 spiro atoms. The van der Waals surface area contributed by atoms with Crippen LogP contribution < -0.4 is 5.32 Å². The molecule has 3 aromatic rings. The Morgan fingerprint density at radius 2 is 1.92 bits per heavy atom. The average Bonchev–Trinajstić information content (AvgIpc) is 3.05. The topological polar surface area (TPSA) is 68.0 Å². The number of amides is 1. The Morgan fingerprint density at radius 1 is 1.12 bits per heavy atom. The van der Waals surface area contributed by atoms with E-state index in [1.165, 1.54) is 0 Å². The van der Waals surface area contributed by atoms with E-state index in [0.29, 0.717) is 17.3 Å². The van der Waals surface area contributed by atoms with Crippen LogP contribution in [0.1, 0.15) is 40.3 Å². The van der Waals surface area contributed by atoms with Gasteiger partial charge in [-0.2, -0.15) is 4.98 Å². The van der Waals surface area contributed by atoms with Crippen LogP contribution in [0.4, 0.5) is 0 Å². The van der Waals surface area contributed by atoms with Crippen molar-refractivity contribution in [1.29, 1.82) is 0 Å². The van der Waals surface area contributed by atoms with Crippen LogP contribution in [0.5, 0.6) is 0 Å². The molecule has 2 aromatic carbocycles. The molecule has 1 aromatic heterocycles. The molecular weight excluding hydrogens is 302 g/mol. The molecule has 0 aliphatic rings. The van der Waals surface area contributed by atoms with E-state index in [0.717, 1.165) is 16.7 Å². The minimum absolute atomic E-state index is 0.157. The van der Waals surface area contributed by atoms with E-state index in [-0.39, 0.29) is 11.9 Å². The smallest absolute Gasteiger partial charge is 0.252 e. The molecule has 1 heterocycles. The van der Waals surface area contributed by atoms with Crippen LogP contribution in [0.3, 0.4) is 0 Å². The van der Waals surface area contributed by atoms with E-state index in [4.69, 9.17) is 4.52 Å². The first-order valence-electron chi connectivity index (χ1n) is 7.82. The Hall–Kier alpha value is -2.95. The number of aromatic nitrogens is 2. The third-order valence-corrected chi connectivity index (χ3v) is 3.83. The van der Waals surface area contributed by atoms with Gasteiger partial charge in [-0.3, -0.25) is 4.79 Å². The summed E-state index contributed by atoms with van der Waals surface area (Å²) >= 11 is 0. The zero-order valence-electron chi connectivity index (χ0n) is 13.9. The molecule has 0 saturated heterocycles. The van der Waals surface area contributed by atoms with Crippen molar-refractivity contribution in [3.8, 4) is 11.4 Å². The molecule has 0 radical (unpaired) electrons. The van der Waals surface area contributed by atoms with Gasteiger partial charge in [-0.15, -0.1) is 0 Å². The second kappa shape index (κ2) is 6.66. The number of carbonyl (C=O) groups is 1. The maximum absolute atomic E-state index is 12.4. The van der Waals surface area contributed by atoms with Gasteiger partial charge in [-0.25, -0.2) is 0 Å². The lowest BCUT2D eigenvalue weighted by atomic mass is 10.1. The zero-order chi connectivity index (χ0) is 17.1. The highest BCUT2D eigenvalue weighted by Crippen LogP contribution is 2.20. The minimum Gasteiger partial charge on any atom is -0.341 e. The molecular formula is C19H19N3O2. The van der Waals surface area contributed by atoms with Crippen molar-refractivity contribution in [2.75, 3.05) is 0 Å². The SMILES string of the molecule is Cc1cccc(-c2noc([C@@H](C)NC(=O)c3ccccc3C)n2)c1. The zero-order valence-corrected chi connectivity index (χ0v) is 13.9. The molecule has 0 fully saturated rings. The molecule has 0 aliphatic heterocycles. The lowest BCUT2D eigenvalue weighted by molar-refractivity contribution is 0.0932. The number of hydrogen-bond donors (Lipinski definition) is 1. The van der Waals surface area contributed by atoms with Crippen molar-refractivity contribution in [1.82, 2.24) is 15.5 Å². The van der Waals surface area contributed by atoms with E-state index in [1.54, 1.807) is 6.07 Å². The molecule has 0 unspecified atom stereocenters. The molecule has 0 aliphatic carbocycles. The highest BCUT2D eigenvalue weighted by atomic mass is 16.5. The number of nitrogens with one attached hydrogen (secondary N) is 1. The molecule has 3 rings (SSSR count). The maximum atomic E-state index is 12.4. The van der Waals surface area contributed by atoms with Crippen molar-refractivity contribution >= 4 is 5.91 Å². The van der Waals surface area contributed by atoms with Gasteiger partial charge in [0, 0.05) is 11.1 Å². The van der Waals surface area contributed by atoms with Gasteiger partial charge < -0.3 is 9.84 Å². The Labute approximate surface area is 140 Å². The predicted molar refractivity (Wildman–Crippen MR) is 91.5 cm³/mol. The van der Waals surface area contributed by atoms with E-state index < -0.39 is 0 Å². The Morgan fingerprint density at radius 3 is 2.67 bits per heavy atom. The molecule has 0 bridgehead atoms. The molecule has 122 valence electrons. The van der Waals surface area contributed by atoms with Crippen LogP contribution in [-0.2, 0) is 0 Å². The highest BCUT2D eigenvalue weighted by molar-refractivity contribution is 5.95. The lowest BCUT2D eigenvalue weighted by Crippen LogP contribution is -2.27. The van der Waals surface area contributed by atoms with Crippen LogP contribution in [0.25, 0.3) is 11.4 Å². The first kappa shape index (κ1) is 15.9. The summed E-state index contributed by atoms with van der Waals surface area (Å²) in [7, 11) is 0. The first-order chi connectivity index (χ1) is 11.5. The first-order valence-corrected chi connectivity index (χ1v) is 7.82. The van der Waals surface area contributed by atoms with E-state index in [9.17, 15) is 4.79 Å². The Balaban J connectivity index is 1.75. The summed E-state index contributed by atoms with van der Waals surface area (Å²) in [5.74, 6) is 0.745. The quantitative estimate of drug-likeness (QED) is 0.792. The predicted octanol–water partition coefficient (Wildman–Crippen LogP) is 3.84. The molecule has 0 saturated carbocycles. The maximum Gasteiger partial charge on any atom is 0.252 e. The number of carbonyl (C=O) groups excluding carboxylic acids is 1. The van der Waals surface area contributed by atoms with Crippen LogP contribution in [0.15, 0.2) is 53.1 Å². The molecule has 1 N–H and O–H groups in total. The third kappa shape index (κ3) is 3.35. The summed E-state index contributed by atoms with van der Waals surface area (Å²) < 4.78 is 5.31. The van der Waals surface area contributed by atoms with Crippen LogP contribution in [0, 0.1) is 13.8 Å². The van der Waals surface area contributed by atoms with E-state index >= 15 is 0 Å². The fourth-order valence-corrected chi connectivity index (χ4v) is 2.48. The summed E-state index contributed by atoms with van der Waals surface area (Å²) in [4.78, 5) is 16.8. The molecule has 24 heavy (non-hydrogen) atoms. The van der Waals surface area contributed by atoms with Gasteiger partial charge in [0.1, 0.15) is 6.04 Å². The number of nitrogens with zero attached hydrogens (tertiary/aromatic N) is 2. The van der Waals surface area contributed by atoms with Gasteiger partial charge in [-0.1, -0.05) is 47.1 Å². The fourth-order valence-electron chi connectivity index (χ4n) is 2.48. The number of benzene rings is 2. The summed E-state index contributed by atoms with van der Waals surface area (Å²) in [6.07, 6.45) is 0. The number of hydrogen-bond acceptors (Lipinski definition) is 4. The van der Waals surface area contributed by atoms with Crippen molar-refractivity contribution in [2.45, 2.75) is 26.8 Å². The lowest BCUT2D eigenvalue weighted by Gasteiger charge is -2.11. The van der Waals surface area contributed by atoms with Crippen LogP contribution in [-0.4, -0.2) is 16.0 Å². The van der Waals surface area contributed by atoms with Crippen molar-refractivity contribution in [2.24, 2.45) is 0 Å². The van der Waals surface area contributed by atoms with Crippen molar-refractivity contribution in [3.63, 3.8) is 0 Å². The second-order valence-electron chi connectivity index (χ2n) is 5.84. The summed E-state index contributed by atoms with van der Waals surface area (Å²) in [5, 5.41) is 6.90. The summed E-state index contributed by atoms with van der Waals surface area (Å²) in [6.45, 7) is 5.74. The summed E-state index contributed by atoms with van der Waals surface area (Å²) in [5.41, 5.74) is 3.58. The van der Waals surface area contributed by atoms with Crippen molar-refractivity contribution < 1.29 is 9.32 Å². The minimum atomic E-state index is -0.372. The molecule has 5 heteroatoms. The normalized spacial score (nSPS) is 12.0. The molecule has 1 amide bonds. The van der Waals surface area contributed by atoms with Crippen LogP contribution in [0.2, 0.25) is 0 Å². The van der Waals surface area contributed by atoms with Crippen molar-refractivity contribution in [3.05, 3.63) is 71.1 Å². The monoisotopic (exact) mass is 321 g/mol. The van der Waals surface area contributed by atoms with E-state index in [1.807, 2.05) is 63.2 Å². The van der Waals surface area contributed by atoms with Gasteiger partial charge in [0.05, 0.1) is 0 Å².